The van der Waals surface area contributed by atoms with Crippen LogP contribution in [0.5, 0.6) is 0 Å². The molecule has 0 saturated carbocycles. The van der Waals surface area contributed by atoms with E-state index in [0.717, 1.165) is 6.20 Å². The fourth-order valence-corrected chi connectivity index (χ4v) is 1.67. The molecule has 1 aromatic rings. The van der Waals surface area contributed by atoms with Crippen LogP contribution in [-0.2, 0) is 4.74 Å². The molecule has 0 amide bonds. The first-order chi connectivity index (χ1) is 9.49. The zero-order valence-corrected chi connectivity index (χ0v) is 11.7. The van der Waals surface area contributed by atoms with Gasteiger partial charge in [0.25, 0.3) is 0 Å². The van der Waals surface area contributed by atoms with Gasteiger partial charge in [-0.1, -0.05) is 0 Å². The van der Waals surface area contributed by atoms with Crippen molar-refractivity contribution in [3.05, 3.63) is 16.3 Å². The van der Waals surface area contributed by atoms with Gasteiger partial charge < -0.3 is 20.1 Å². The minimum atomic E-state index is -0.762. The molecule has 1 rings (SSSR count). The van der Waals surface area contributed by atoms with Crippen LogP contribution >= 0.6 is 0 Å². The van der Waals surface area contributed by atoms with E-state index in [1.165, 1.54) is 12.0 Å². The molecule has 0 fully saturated rings. The molecule has 0 saturated heterocycles. The Morgan fingerprint density at radius 2 is 2.35 bits per heavy atom. The number of nitrogens with zero attached hydrogens (tertiary/aromatic N) is 4. The monoisotopic (exact) mass is 285 g/mol. The van der Waals surface area contributed by atoms with Crippen molar-refractivity contribution in [1.82, 2.24) is 9.97 Å². The molecule has 0 aliphatic carbocycles. The highest BCUT2D eigenvalue weighted by molar-refractivity contribution is 5.58. The van der Waals surface area contributed by atoms with Gasteiger partial charge in [-0.15, -0.1) is 0 Å². The molecule has 1 heterocycles. The highest BCUT2D eigenvalue weighted by Gasteiger charge is 2.22. The number of hydrogen-bond acceptors (Lipinski definition) is 8. The quantitative estimate of drug-likeness (QED) is 0.516. The lowest BCUT2D eigenvalue weighted by molar-refractivity contribution is -0.384. The van der Waals surface area contributed by atoms with E-state index >= 15 is 0 Å². The second kappa shape index (κ2) is 7.56. The summed E-state index contributed by atoms with van der Waals surface area (Å²) in [5, 5.41) is 23.6. The molecule has 0 bridgehead atoms. The lowest BCUT2D eigenvalue weighted by Crippen LogP contribution is -2.33. The molecule has 1 unspecified atom stereocenters. The SMILES string of the molecule is CCNc1ncc([N+](=O)[O-])c(N(C)CC(O)COC)n1. The highest BCUT2D eigenvalue weighted by atomic mass is 16.6. The number of anilines is 2. The van der Waals surface area contributed by atoms with E-state index in [1.54, 1.807) is 7.05 Å². The van der Waals surface area contributed by atoms with Crippen LogP contribution in [0.2, 0.25) is 0 Å². The standard InChI is InChI=1S/C11H19N5O4/c1-4-12-11-13-5-9(16(18)19)10(14-11)15(2)6-8(17)7-20-3/h5,8,17H,4,6-7H2,1-3H3,(H,12,13,14). The van der Waals surface area contributed by atoms with Crippen LogP contribution in [0.1, 0.15) is 6.92 Å². The normalized spacial score (nSPS) is 12.0. The molecule has 0 aromatic carbocycles. The van der Waals surface area contributed by atoms with Crippen molar-refractivity contribution in [3.8, 4) is 0 Å². The summed E-state index contributed by atoms with van der Waals surface area (Å²) in [4.78, 5) is 19.9. The third kappa shape index (κ3) is 4.28. The molecule has 0 aliphatic rings. The fourth-order valence-electron chi connectivity index (χ4n) is 1.67. The molecule has 112 valence electrons. The number of aromatic nitrogens is 2. The molecule has 0 aliphatic heterocycles. The number of methoxy groups -OCH3 is 1. The zero-order chi connectivity index (χ0) is 15.1. The Balaban J connectivity index is 2.98. The van der Waals surface area contributed by atoms with E-state index in [-0.39, 0.29) is 24.7 Å². The number of rotatable bonds is 8. The lowest BCUT2D eigenvalue weighted by Gasteiger charge is -2.21. The van der Waals surface area contributed by atoms with Crippen molar-refractivity contribution in [2.75, 3.05) is 44.1 Å². The van der Waals surface area contributed by atoms with Crippen LogP contribution in [0.4, 0.5) is 17.5 Å². The Morgan fingerprint density at radius 1 is 1.65 bits per heavy atom. The molecule has 9 heteroatoms. The Hall–Kier alpha value is -2.00. The summed E-state index contributed by atoms with van der Waals surface area (Å²) in [6.07, 6.45) is 0.390. The number of likely N-dealkylation sites (N-methyl/N-ethyl adjacent to an activating group) is 1. The van der Waals surface area contributed by atoms with Crippen molar-refractivity contribution in [1.29, 1.82) is 0 Å². The van der Waals surface area contributed by atoms with Crippen molar-refractivity contribution in [2.24, 2.45) is 0 Å². The summed E-state index contributed by atoms with van der Waals surface area (Å²) in [7, 11) is 3.09. The van der Waals surface area contributed by atoms with Crippen molar-refractivity contribution >= 4 is 17.5 Å². The van der Waals surface area contributed by atoms with Gasteiger partial charge in [-0.05, 0) is 6.92 Å². The average Bonchev–Trinajstić information content (AvgIpc) is 2.38. The van der Waals surface area contributed by atoms with Crippen molar-refractivity contribution in [2.45, 2.75) is 13.0 Å². The number of nitro groups is 1. The highest BCUT2D eigenvalue weighted by Crippen LogP contribution is 2.25. The zero-order valence-electron chi connectivity index (χ0n) is 11.7. The van der Waals surface area contributed by atoms with Gasteiger partial charge in [-0.25, -0.2) is 4.98 Å². The topological polar surface area (TPSA) is 114 Å². The van der Waals surface area contributed by atoms with Crippen LogP contribution < -0.4 is 10.2 Å². The Morgan fingerprint density at radius 3 is 2.90 bits per heavy atom. The number of ether oxygens (including phenoxy) is 1. The summed E-state index contributed by atoms with van der Waals surface area (Å²) in [6.45, 7) is 2.78. The second-order valence-corrected chi connectivity index (χ2v) is 4.18. The third-order valence-electron chi connectivity index (χ3n) is 2.49. The Kier molecular flexibility index (Phi) is 6.07. The Labute approximate surface area is 116 Å². The molecular formula is C11H19N5O4. The first-order valence-corrected chi connectivity index (χ1v) is 6.13. The molecular weight excluding hydrogens is 266 g/mol. The molecule has 9 nitrogen and oxygen atoms in total. The summed E-state index contributed by atoms with van der Waals surface area (Å²) in [5.41, 5.74) is -0.209. The summed E-state index contributed by atoms with van der Waals surface area (Å²) >= 11 is 0. The van der Waals surface area contributed by atoms with Gasteiger partial charge in [0.1, 0.15) is 6.20 Å². The minimum Gasteiger partial charge on any atom is -0.389 e. The molecule has 0 spiro atoms. The summed E-state index contributed by atoms with van der Waals surface area (Å²) < 4.78 is 4.82. The van der Waals surface area contributed by atoms with Gasteiger partial charge in [0.2, 0.25) is 11.8 Å². The number of nitrogens with one attached hydrogen (secondary N) is 1. The maximum absolute atomic E-state index is 11.0. The molecule has 20 heavy (non-hydrogen) atoms. The van der Waals surface area contributed by atoms with E-state index in [9.17, 15) is 15.2 Å². The van der Waals surface area contributed by atoms with Crippen LogP contribution in [0.15, 0.2) is 6.20 Å². The minimum absolute atomic E-state index is 0.142. The van der Waals surface area contributed by atoms with E-state index in [0.29, 0.717) is 12.5 Å². The Bertz CT molecular complexity index is 456. The predicted molar refractivity (Wildman–Crippen MR) is 74.0 cm³/mol. The van der Waals surface area contributed by atoms with Gasteiger partial charge in [0.05, 0.1) is 17.6 Å². The smallest absolute Gasteiger partial charge is 0.329 e. The first-order valence-electron chi connectivity index (χ1n) is 6.13. The van der Waals surface area contributed by atoms with E-state index in [1.807, 2.05) is 6.92 Å². The van der Waals surface area contributed by atoms with Crippen LogP contribution in [-0.4, -0.2) is 60.0 Å². The predicted octanol–water partition coefficient (Wildman–Crippen LogP) is 0.260. The molecule has 1 aromatic heterocycles. The number of aliphatic hydroxyl groups is 1. The molecule has 1 atom stereocenters. The van der Waals surface area contributed by atoms with Crippen LogP contribution in [0.3, 0.4) is 0 Å². The van der Waals surface area contributed by atoms with E-state index in [2.05, 4.69) is 15.3 Å². The number of hydrogen-bond donors (Lipinski definition) is 2. The lowest BCUT2D eigenvalue weighted by atomic mass is 10.3. The van der Waals surface area contributed by atoms with E-state index in [4.69, 9.17) is 4.74 Å². The van der Waals surface area contributed by atoms with Crippen LogP contribution in [0, 0.1) is 10.1 Å². The first kappa shape index (κ1) is 16.1. The maximum atomic E-state index is 11.0. The second-order valence-electron chi connectivity index (χ2n) is 4.18. The van der Waals surface area contributed by atoms with Gasteiger partial charge >= 0.3 is 5.69 Å². The molecule has 2 N–H and O–H groups in total. The molecule has 0 radical (unpaired) electrons. The van der Waals surface area contributed by atoms with Crippen molar-refractivity contribution < 1.29 is 14.8 Å². The van der Waals surface area contributed by atoms with Gasteiger partial charge in [-0.3, -0.25) is 10.1 Å². The van der Waals surface area contributed by atoms with Crippen LogP contribution in [0.25, 0.3) is 0 Å². The fraction of sp³-hybridized carbons (Fsp3) is 0.636. The van der Waals surface area contributed by atoms with Gasteiger partial charge in [0.15, 0.2) is 0 Å². The summed E-state index contributed by atoms with van der Waals surface area (Å²) in [5.74, 6) is 0.456. The van der Waals surface area contributed by atoms with Gasteiger partial charge in [0, 0.05) is 27.2 Å². The van der Waals surface area contributed by atoms with Crippen molar-refractivity contribution in [3.63, 3.8) is 0 Å². The van der Waals surface area contributed by atoms with E-state index < -0.39 is 11.0 Å². The third-order valence-corrected chi connectivity index (χ3v) is 2.49. The number of aliphatic hydroxyl groups excluding tert-OH is 1. The van der Waals surface area contributed by atoms with Gasteiger partial charge in [-0.2, -0.15) is 4.98 Å². The summed E-state index contributed by atoms with van der Waals surface area (Å²) in [6, 6.07) is 0. The maximum Gasteiger partial charge on any atom is 0.329 e. The largest absolute Gasteiger partial charge is 0.389 e. The average molecular weight is 285 g/mol.